The van der Waals surface area contributed by atoms with Crippen molar-refractivity contribution >= 4 is 29.1 Å². The zero-order valence-corrected chi connectivity index (χ0v) is 10.7. The van der Waals surface area contributed by atoms with Crippen LogP contribution in [-0.4, -0.2) is 23.9 Å². The zero-order valence-electron chi connectivity index (χ0n) is 9.91. The maximum absolute atomic E-state index is 13.4. The number of carbonyl (C=O) groups is 2. The van der Waals surface area contributed by atoms with Crippen LogP contribution in [0, 0.1) is 5.82 Å². The van der Waals surface area contributed by atoms with Crippen LogP contribution in [0.5, 0.6) is 0 Å². The van der Waals surface area contributed by atoms with E-state index in [0.717, 1.165) is 6.07 Å². The lowest BCUT2D eigenvalue weighted by Crippen LogP contribution is -2.61. The summed E-state index contributed by atoms with van der Waals surface area (Å²) in [7, 11) is 0. The predicted molar refractivity (Wildman–Crippen MR) is 66.0 cm³/mol. The summed E-state index contributed by atoms with van der Waals surface area (Å²) in [6.07, 6.45) is 0. The van der Waals surface area contributed by atoms with E-state index in [0.29, 0.717) is 5.69 Å². The Hall–Kier alpha value is -1.62. The highest BCUT2D eigenvalue weighted by Gasteiger charge is 2.36. The fourth-order valence-electron chi connectivity index (χ4n) is 1.90. The van der Waals surface area contributed by atoms with Crippen LogP contribution < -0.4 is 10.2 Å². The number of halogens is 2. The Labute approximate surface area is 109 Å². The third-order valence-corrected chi connectivity index (χ3v) is 3.22. The van der Waals surface area contributed by atoms with Crippen molar-refractivity contribution in [3.8, 4) is 0 Å². The van der Waals surface area contributed by atoms with Gasteiger partial charge in [0.15, 0.2) is 0 Å². The normalized spacial score (nSPS) is 24.1. The molecule has 1 N–H and O–H groups in total. The molecule has 1 aromatic carbocycles. The quantitative estimate of drug-likeness (QED) is 0.845. The third kappa shape index (κ3) is 2.06. The number of piperazine rings is 1. The van der Waals surface area contributed by atoms with Crippen LogP contribution in [0.4, 0.5) is 10.1 Å². The molecule has 1 fully saturated rings. The van der Waals surface area contributed by atoms with Gasteiger partial charge in [-0.05, 0) is 32.0 Å². The van der Waals surface area contributed by atoms with Gasteiger partial charge in [0.2, 0.25) is 11.8 Å². The molecule has 18 heavy (non-hydrogen) atoms. The summed E-state index contributed by atoms with van der Waals surface area (Å²) in [5, 5.41) is 2.53. The Morgan fingerprint density at radius 2 is 2.00 bits per heavy atom. The lowest BCUT2D eigenvalue weighted by Gasteiger charge is -2.36. The molecule has 2 atom stereocenters. The second-order valence-corrected chi connectivity index (χ2v) is 4.62. The fourth-order valence-corrected chi connectivity index (χ4v) is 2.02. The summed E-state index contributed by atoms with van der Waals surface area (Å²) in [6, 6.07) is 2.75. The van der Waals surface area contributed by atoms with Crippen molar-refractivity contribution in [3.05, 3.63) is 29.0 Å². The molecule has 96 valence electrons. The molecule has 0 aliphatic carbocycles. The first-order chi connectivity index (χ1) is 8.41. The molecule has 0 radical (unpaired) electrons. The predicted octanol–water partition coefficient (Wildman–Crippen LogP) is 1.72. The molecule has 1 aliphatic rings. The molecule has 6 heteroatoms. The van der Waals surface area contributed by atoms with E-state index in [1.165, 1.54) is 17.0 Å². The van der Waals surface area contributed by atoms with E-state index in [-0.39, 0.29) is 16.8 Å². The van der Waals surface area contributed by atoms with Gasteiger partial charge in [-0.2, -0.15) is 0 Å². The number of benzene rings is 1. The maximum Gasteiger partial charge on any atom is 0.250 e. The van der Waals surface area contributed by atoms with E-state index in [4.69, 9.17) is 11.6 Å². The molecule has 1 saturated heterocycles. The summed E-state index contributed by atoms with van der Waals surface area (Å²) in [4.78, 5) is 25.0. The number of nitrogens with one attached hydrogen (secondary N) is 1. The molecule has 0 aromatic heterocycles. The van der Waals surface area contributed by atoms with Gasteiger partial charge in [0.1, 0.15) is 17.9 Å². The van der Waals surface area contributed by atoms with E-state index >= 15 is 0 Å². The molecule has 2 amide bonds. The lowest BCUT2D eigenvalue weighted by molar-refractivity contribution is -0.133. The molecular weight excluding hydrogens is 259 g/mol. The number of carbonyl (C=O) groups excluding carboxylic acids is 2. The Bertz CT molecular complexity index is 521. The topological polar surface area (TPSA) is 49.4 Å². The lowest BCUT2D eigenvalue weighted by atomic mass is 10.1. The van der Waals surface area contributed by atoms with Crippen LogP contribution in [0.3, 0.4) is 0 Å². The van der Waals surface area contributed by atoms with E-state index in [1.54, 1.807) is 13.8 Å². The molecule has 0 bridgehead atoms. The van der Waals surface area contributed by atoms with E-state index < -0.39 is 17.9 Å². The number of hydrogen-bond donors (Lipinski definition) is 1. The Kier molecular flexibility index (Phi) is 3.26. The molecule has 2 unspecified atom stereocenters. The first-order valence-electron chi connectivity index (χ1n) is 5.50. The third-order valence-electron chi connectivity index (χ3n) is 2.91. The molecular formula is C12H12ClFN2O2. The highest BCUT2D eigenvalue weighted by molar-refractivity contribution is 6.30. The van der Waals surface area contributed by atoms with Crippen molar-refractivity contribution in [2.24, 2.45) is 0 Å². The van der Waals surface area contributed by atoms with Gasteiger partial charge in [-0.3, -0.25) is 14.5 Å². The van der Waals surface area contributed by atoms with Crippen LogP contribution in [0.1, 0.15) is 13.8 Å². The van der Waals surface area contributed by atoms with E-state index in [1.807, 2.05) is 0 Å². The highest BCUT2D eigenvalue weighted by Crippen LogP contribution is 2.25. The smallest absolute Gasteiger partial charge is 0.250 e. The summed E-state index contributed by atoms with van der Waals surface area (Å²) < 4.78 is 13.4. The maximum atomic E-state index is 13.4. The van der Waals surface area contributed by atoms with Gasteiger partial charge in [0.05, 0.1) is 5.02 Å². The number of rotatable bonds is 1. The van der Waals surface area contributed by atoms with Crippen LogP contribution in [0.15, 0.2) is 18.2 Å². The zero-order chi connectivity index (χ0) is 13.4. The number of nitrogens with zero attached hydrogens (tertiary/aromatic N) is 1. The largest absolute Gasteiger partial charge is 0.343 e. The van der Waals surface area contributed by atoms with Gasteiger partial charge >= 0.3 is 0 Å². The second kappa shape index (κ2) is 4.57. The summed E-state index contributed by atoms with van der Waals surface area (Å²) in [5.74, 6) is -1.16. The fraction of sp³-hybridized carbons (Fsp3) is 0.333. The minimum Gasteiger partial charge on any atom is -0.343 e. The van der Waals surface area contributed by atoms with Crippen molar-refractivity contribution in [1.82, 2.24) is 5.32 Å². The monoisotopic (exact) mass is 270 g/mol. The van der Waals surface area contributed by atoms with E-state index in [9.17, 15) is 14.0 Å². The average molecular weight is 271 g/mol. The summed E-state index contributed by atoms with van der Waals surface area (Å²) in [6.45, 7) is 3.18. The SMILES string of the molecule is CC1NC(=O)C(C)N(c2ccc(Cl)c(F)c2)C1=O. The molecule has 0 saturated carbocycles. The Morgan fingerprint density at radius 1 is 1.33 bits per heavy atom. The Morgan fingerprint density at radius 3 is 2.61 bits per heavy atom. The van der Waals surface area contributed by atoms with Crippen LogP contribution >= 0.6 is 11.6 Å². The minimum absolute atomic E-state index is 0.0200. The van der Waals surface area contributed by atoms with E-state index in [2.05, 4.69) is 5.32 Å². The standard InChI is InChI=1S/C12H12ClFN2O2/c1-6-12(18)16(7(2)11(17)15-6)8-3-4-9(13)10(14)5-8/h3-7H,1-2H3,(H,15,17). The molecule has 4 nitrogen and oxygen atoms in total. The van der Waals surface area contributed by atoms with Gasteiger partial charge in [0.25, 0.3) is 0 Å². The molecule has 1 aromatic rings. The first-order valence-corrected chi connectivity index (χ1v) is 5.88. The molecule has 1 heterocycles. The molecule has 2 rings (SSSR count). The van der Waals surface area contributed by atoms with Gasteiger partial charge in [-0.25, -0.2) is 4.39 Å². The number of anilines is 1. The van der Waals surface area contributed by atoms with Crippen LogP contribution in [0.25, 0.3) is 0 Å². The van der Waals surface area contributed by atoms with Crippen molar-refractivity contribution in [2.45, 2.75) is 25.9 Å². The minimum atomic E-state index is -0.672. The highest BCUT2D eigenvalue weighted by atomic mass is 35.5. The second-order valence-electron chi connectivity index (χ2n) is 4.21. The van der Waals surface area contributed by atoms with Crippen LogP contribution in [0.2, 0.25) is 5.02 Å². The summed E-state index contributed by atoms with van der Waals surface area (Å²) >= 11 is 5.59. The Balaban J connectivity index is 2.43. The molecule has 0 spiro atoms. The average Bonchev–Trinajstić information content (AvgIpc) is 2.31. The van der Waals surface area contributed by atoms with Gasteiger partial charge < -0.3 is 5.32 Å². The summed E-state index contributed by atoms with van der Waals surface area (Å²) in [5.41, 5.74) is 0.330. The van der Waals surface area contributed by atoms with Crippen molar-refractivity contribution in [1.29, 1.82) is 0 Å². The van der Waals surface area contributed by atoms with Gasteiger partial charge in [0, 0.05) is 5.69 Å². The number of amides is 2. The van der Waals surface area contributed by atoms with Crippen molar-refractivity contribution in [2.75, 3.05) is 4.90 Å². The van der Waals surface area contributed by atoms with Crippen LogP contribution in [-0.2, 0) is 9.59 Å². The molecule has 1 aliphatic heterocycles. The first kappa shape index (κ1) is 12.8. The van der Waals surface area contributed by atoms with Gasteiger partial charge in [-0.15, -0.1) is 0 Å². The van der Waals surface area contributed by atoms with Gasteiger partial charge in [-0.1, -0.05) is 11.6 Å². The number of hydrogen-bond acceptors (Lipinski definition) is 2. The van der Waals surface area contributed by atoms with Crippen molar-refractivity contribution in [3.63, 3.8) is 0 Å². The van der Waals surface area contributed by atoms with Crippen molar-refractivity contribution < 1.29 is 14.0 Å².